The maximum Gasteiger partial charge on any atom is 0.237 e. The summed E-state index contributed by atoms with van der Waals surface area (Å²) < 4.78 is 5.40. The molecule has 0 saturated carbocycles. The molecule has 1 atom stereocenters. The first-order chi connectivity index (χ1) is 6.43. The van der Waals surface area contributed by atoms with E-state index >= 15 is 0 Å². The Morgan fingerprint density at radius 2 is 2.21 bits per heavy atom. The Morgan fingerprint density at radius 3 is 2.64 bits per heavy atom. The van der Waals surface area contributed by atoms with Crippen molar-refractivity contribution in [1.82, 2.24) is 5.32 Å². The molecule has 0 aromatic heterocycles. The molecular weight excluding hydrogens is 180 g/mol. The summed E-state index contributed by atoms with van der Waals surface area (Å²) in [6.45, 7) is 8.30. The predicted molar refractivity (Wildman–Crippen MR) is 53.5 cm³/mol. The second kappa shape index (κ2) is 5.61. The number of hydrogen-bond acceptors (Lipinski definition) is 3. The van der Waals surface area contributed by atoms with Crippen molar-refractivity contribution in [2.24, 2.45) is 5.92 Å². The molecule has 0 bridgehead atoms. The van der Waals surface area contributed by atoms with E-state index in [4.69, 9.17) is 10.00 Å². The van der Waals surface area contributed by atoms with Crippen LogP contribution < -0.4 is 5.32 Å². The van der Waals surface area contributed by atoms with Gasteiger partial charge in [-0.05, 0) is 27.7 Å². The fourth-order valence-electron chi connectivity index (χ4n) is 0.953. The van der Waals surface area contributed by atoms with Crippen molar-refractivity contribution in [2.75, 3.05) is 13.2 Å². The number of nitrogens with zero attached hydrogens (tertiary/aromatic N) is 1. The molecule has 0 aliphatic heterocycles. The summed E-state index contributed by atoms with van der Waals surface area (Å²) in [4.78, 5) is 11.2. The number of carbonyl (C=O) groups is 1. The lowest BCUT2D eigenvalue weighted by atomic mass is 10.1. The minimum absolute atomic E-state index is 0.250. The Hall–Kier alpha value is -1.08. The van der Waals surface area contributed by atoms with Crippen LogP contribution in [0.25, 0.3) is 0 Å². The lowest BCUT2D eigenvalue weighted by Crippen LogP contribution is -2.42. The number of nitrogens with one attached hydrogen (secondary N) is 1. The highest BCUT2D eigenvalue weighted by Crippen LogP contribution is 2.07. The molecule has 14 heavy (non-hydrogen) atoms. The predicted octanol–water partition coefficient (Wildman–Crippen LogP) is 1.08. The summed E-state index contributed by atoms with van der Waals surface area (Å²) in [5.41, 5.74) is -0.375. The number of ether oxygens (including phenoxy) is 1. The quantitative estimate of drug-likeness (QED) is 0.719. The second-order valence-electron chi connectivity index (χ2n) is 3.76. The van der Waals surface area contributed by atoms with Crippen molar-refractivity contribution in [3.8, 4) is 6.07 Å². The Labute approximate surface area is 85.2 Å². The summed E-state index contributed by atoms with van der Waals surface area (Å²) in [5.74, 6) is -0.854. The molecule has 1 unspecified atom stereocenters. The number of amides is 1. The van der Waals surface area contributed by atoms with Crippen LogP contribution in [0, 0.1) is 17.2 Å². The average molecular weight is 198 g/mol. The topological polar surface area (TPSA) is 62.1 Å². The third-order valence-electron chi connectivity index (χ3n) is 1.81. The van der Waals surface area contributed by atoms with Crippen LogP contribution in [-0.2, 0) is 9.53 Å². The molecule has 0 saturated heterocycles. The third kappa shape index (κ3) is 4.83. The minimum atomic E-state index is -0.604. The smallest absolute Gasteiger partial charge is 0.237 e. The average Bonchev–Trinajstić information content (AvgIpc) is 2.13. The van der Waals surface area contributed by atoms with Gasteiger partial charge in [-0.25, -0.2) is 0 Å². The zero-order valence-corrected chi connectivity index (χ0v) is 9.26. The van der Waals surface area contributed by atoms with Gasteiger partial charge in [0.05, 0.1) is 11.7 Å². The molecule has 0 aliphatic rings. The van der Waals surface area contributed by atoms with Crippen LogP contribution in [-0.4, -0.2) is 24.7 Å². The number of nitriles is 1. The van der Waals surface area contributed by atoms with Gasteiger partial charge < -0.3 is 10.1 Å². The van der Waals surface area contributed by atoms with E-state index in [1.807, 2.05) is 26.8 Å². The molecule has 4 heteroatoms. The maximum absolute atomic E-state index is 11.2. The van der Waals surface area contributed by atoms with Crippen molar-refractivity contribution < 1.29 is 9.53 Å². The van der Waals surface area contributed by atoms with E-state index in [0.29, 0.717) is 13.2 Å². The van der Waals surface area contributed by atoms with Gasteiger partial charge in [-0.3, -0.25) is 4.79 Å². The van der Waals surface area contributed by atoms with Gasteiger partial charge in [0, 0.05) is 13.2 Å². The standard InChI is InChI=1S/C10H18N2O2/c1-5-14-10(3,4)7-12-9(13)8(2)6-11/h8H,5,7H2,1-4H3,(H,12,13). The molecule has 0 radical (unpaired) electrons. The fraction of sp³-hybridized carbons (Fsp3) is 0.800. The van der Waals surface area contributed by atoms with Crippen LogP contribution >= 0.6 is 0 Å². The van der Waals surface area contributed by atoms with Crippen LogP contribution in [0.4, 0.5) is 0 Å². The zero-order valence-electron chi connectivity index (χ0n) is 9.26. The highest BCUT2D eigenvalue weighted by Gasteiger charge is 2.20. The van der Waals surface area contributed by atoms with E-state index < -0.39 is 5.92 Å². The lowest BCUT2D eigenvalue weighted by Gasteiger charge is -2.25. The molecule has 0 aliphatic carbocycles. The van der Waals surface area contributed by atoms with Crippen molar-refractivity contribution in [3.05, 3.63) is 0 Å². The van der Waals surface area contributed by atoms with Crippen molar-refractivity contribution in [3.63, 3.8) is 0 Å². The first-order valence-corrected chi connectivity index (χ1v) is 4.74. The molecule has 4 nitrogen and oxygen atoms in total. The Bertz CT molecular complexity index is 231. The maximum atomic E-state index is 11.2. The van der Waals surface area contributed by atoms with E-state index in [-0.39, 0.29) is 11.5 Å². The second-order valence-corrected chi connectivity index (χ2v) is 3.76. The molecular formula is C10H18N2O2. The van der Waals surface area contributed by atoms with Crippen molar-refractivity contribution >= 4 is 5.91 Å². The Balaban J connectivity index is 3.94. The number of hydrogen-bond donors (Lipinski definition) is 1. The van der Waals surface area contributed by atoms with E-state index in [2.05, 4.69) is 5.32 Å². The largest absolute Gasteiger partial charge is 0.374 e. The Kier molecular flexibility index (Phi) is 5.18. The monoisotopic (exact) mass is 198 g/mol. The number of carbonyl (C=O) groups excluding carboxylic acids is 1. The zero-order chi connectivity index (χ0) is 11.2. The summed E-state index contributed by atoms with van der Waals surface area (Å²) in [6, 6.07) is 1.88. The van der Waals surface area contributed by atoms with Gasteiger partial charge in [0.1, 0.15) is 5.92 Å². The van der Waals surface area contributed by atoms with E-state index in [1.165, 1.54) is 0 Å². The van der Waals surface area contributed by atoms with Crippen LogP contribution in [0.2, 0.25) is 0 Å². The normalized spacial score (nSPS) is 13.1. The molecule has 0 aromatic carbocycles. The van der Waals surface area contributed by atoms with E-state index in [9.17, 15) is 4.79 Å². The Morgan fingerprint density at radius 1 is 1.64 bits per heavy atom. The SMILES string of the molecule is CCOC(C)(C)CNC(=O)C(C)C#N. The van der Waals surface area contributed by atoms with E-state index in [1.54, 1.807) is 6.92 Å². The number of rotatable bonds is 5. The first-order valence-electron chi connectivity index (χ1n) is 4.74. The summed E-state index contributed by atoms with van der Waals surface area (Å²) in [5, 5.41) is 11.2. The molecule has 0 fully saturated rings. The minimum Gasteiger partial charge on any atom is -0.374 e. The molecule has 0 aromatic rings. The summed E-state index contributed by atoms with van der Waals surface area (Å²) in [7, 11) is 0. The van der Waals surface area contributed by atoms with Crippen molar-refractivity contribution in [1.29, 1.82) is 5.26 Å². The van der Waals surface area contributed by atoms with E-state index in [0.717, 1.165) is 0 Å². The van der Waals surface area contributed by atoms with Gasteiger partial charge in [0.15, 0.2) is 0 Å². The molecule has 1 N–H and O–H groups in total. The van der Waals surface area contributed by atoms with Crippen molar-refractivity contribution in [2.45, 2.75) is 33.3 Å². The van der Waals surface area contributed by atoms with Crippen LogP contribution in [0.3, 0.4) is 0 Å². The summed E-state index contributed by atoms with van der Waals surface area (Å²) in [6.07, 6.45) is 0. The molecule has 0 rings (SSSR count). The molecule has 80 valence electrons. The fourth-order valence-corrected chi connectivity index (χ4v) is 0.953. The van der Waals surface area contributed by atoms with Crippen LogP contribution in [0.15, 0.2) is 0 Å². The highest BCUT2D eigenvalue weighted by atomic mass is 16.5. The van der Waals surface area contributed by atoms with Crippen LogP contribution in [0.1, 0.15) is 27.7 Å². The van der Waals surface area contributed by atoms with Gasteiger partial charge in [0.2, 0.25) is 5.91 Å². The molecule has 1 amide bonds. The van der Waals surface area contributed by atoms with Gasteiger partial charge >= 0.3 is 0 Å². The molecule has 0 spiro atoms. The van der Waals surface area contributed by atoms with Gasteiger partial charge in [-0.1, -0.05) is 0 Å². The first kappa shape index (κ1) is 12.9. The highest BCUT2D eigenvalue weighted by molar-refractivity contribution is 5.80. The molecule has 0 heterocycles. The lowest BCUT2D eigenvalue weighted by molar-refractivity contribution is -0.124. The van der Waals surface area contributed by atoms with Gasteiger partial charge in [-0.2, -0.15) is 5.26 Å². The van der Waals surface area contributed by atoms with Gasteiger partial charge in [-0.15, -0.1) is 0 Å². The van der Waals surface area contributed by atoms with Gasteiger partial charge in [0.25, 0.3) is 0 Å². The van der Waals surface area contributed by atoms with Crippen LogP contribution in [0.5, 0.6) is 0 Å². The third-order valence-corrected chi connectivity index (χ3v) is 1.81. The summed E-state index contributed by atoms with van der Waals surface area (Å²) >= 11 is 0.